The highest BCUT2D eigenvalue weighted by Crippen LogP contribution is 2.49. The summed E-state index contributed by atoms with van der Waals surface area (Å²) < 4.78 is 5.74. The molecule has 2 saturated carbocycles. The number of carbonyl (C=O) groups is 3. The van der Waals surface area contributed by atoms with Gasteiger partial charge in [-0.15, -0.1) is 0 Å². The zero-order chi connectivity index (χ0) is 24.7. The van der Waals surface area contributed by atoms with E-state index in [0.29, 0.717) is 0 Å². The molecule has 2 bridgehead atoms. The molecule has 4 unspecified atom stereocenters. The lowest BCUT2D eigenvalue weighted by atomic mass is 9.83. The van der Waals surface area contributed by atoms with E-state index in [-0.39, 0.29) is 48.9 Å². The number of alkyl carbamates (subject to hydrolysis) is 1. The molecule has 2 amide bonds. The third-order valence-electron chi connectivity index (χ3n) is 8.04. The number of ether oxygens (including phenoxy) is 1. The van der Waals surface area contributed by atoms with Crippen molar-refractivity contribution in [2.24, 2.45) is 17.8 Å². The summed E-state index contributed by atoms with van der Waals surface area (Å²) >= 11 is 0. The van der Waals surface area contributed by atoms with E-state index in [1.54, 1.807) is 0 Å². The van der Waals surface area contributed by atoms with Crippen LogP contribution in [0.4, 0.5) is 4.79 Å². The normalized spacial score (nSPS) is 24.2. The molecule has 2 N–H and O–H groups in total. The summed E-state index contributed by atoms with van der Waals surface area (Å²) in [6.45, 7) is 3.53. The second kappa shape index (κ2) is 9.36. The predicted molar refractivity (Wildman–Crippen MR) is 131 cm³/mol. The van der Waals surface area contributed by atoms with Gasteiger partial charge in [-0.1, -0.05) is 48.5 Å². The Bertz CT molecular complexity index is 1100. The van der Waals surface area contributed by atoms with Crippen LogP contribution in [0.15, 0.2) is 48.5 Å². The monoisotopic (exact) mass is 476 g/mol. The predicted octanol–water partition coefficient (Wildman–Crippen LogP) is 4.26. The first-order valence-electron chi connectivity index (χ1n) is 12.5. The van der Waals surface area contributed by atoms with Gasteiger partial charge in [-0.25, -0.2) is 4.79 Å². The van der Waals surface area contributed by atoms with Crippen LogP contribution in [0.5, 0.6) is 0 Å². The summed E-state index contributed by atoms with van der Waals surface area (Å²) in [6.07, 6.45) is 2.26. The van der Waals surface area contributed by atoms with Crippen molar-refractivity contribution < 1.29 is 24.2 Å². The fraction of sp³-hybridized carbons (Fsp3) is 0.464. The van der Waals surface area contributed by atoms with Gasteiger partial charge in [0.05, 0.1) is 5.92 Å². The summed E-state index contributed by atoms with van der Waals surface area (Å²) in [5.41, 5.74) is 4.64. The average molecular weight is 477 g/mol. The Hall–Kier alpha value is -3.35. The number of fused-ring (bicyclic) bond motifs is 5. The van der Waals surface area contributed by atoms with Crippen LogP contribution in [0.2, 0.25) is 0 Å². The molecule has 3 aliphatic carbocycles. The molecule has 0 aromatic heterocycles. The van der Waals surface area contributed by atoms with Crippen molar-refractivity contribution in [3.05, 3.63) is 59.7 Å². The zero-order valence-corrected chi connectivity index (χ0v) is 20.1. The maximum absolute atomic E-state index is 13.4. The largest absolute Gasteiger partial charge is 0.480 e. The first kappa shape index (κ1) is 23.4. The van der Waals surface area contributed by atoms with Crippen LogP contribution in [0.25, 0.3) is 11.1 Å². The van der Waals surface area contributed by atoms with Crippen molar-refractivity contribution >= 4 is 18.0 Å². The lowest BCUT2D eigenvalue weighted by Gasteiger charge is -2.35. The SMILES string of the molecule is CC(C)N(CC(=O)O)C(=O)C1C2CCC(C2)C1NC(=O)OCC1c2ccccc2-c2ccccc21. The van der Waals surface area contributed by atoms with Crippen LogP contribution in [0.3, 0.4) is 0 Å². The Labute approximate surface area is 205 Å². The van der Waals surface area contributed by atoms with E-state index in [1.165, 1.54) is 16.0 Å². The van der Waals surface area contributed by atoms with Gasteiger partial charge in [-0.05, 0) is 67.2 Å². The molecule has 2 aromatic rings. The van der Waals surface area contributed by atoms with Gasteiger partial charge in [0, 0.05) is 18.0 Å². The zero-order valence-electron chi connectivity index (χ0n) is 20.1. The molecule has 4 atom stereocenters. The summed E-state index contributed by atoms with van der Waals surface area (Å²) in [6, 6.07) is 15.8. The van der Waals surface area contributed by atoms with E-state index < -0.39 is 18.0 Å². The third-order valence-corrected chi connectivity index (χ3v) is 8.04. The molecule has 0 heterocycles. The van der Waals surface area contributed by atoms with E-state index in [0.717, 1.165) is 30.4 Å². The lowest BCUT2D eigenvalue weighted by molar-refractivity contribution is -0.149. The Kier molecular flexibility index (Phi) is 6.26. The highest BCUT2D eigenvalue weighted by molar-refractivity contribution is 5.85. The number of nitrogens with zero attached hydrogens (tertiary/aromatic N) is 1. The summed E-state index contributed by atoms with van der Waals surface area (Å²) in [7, 11) is 0. The highest BCUT2D eigenvalue weighted by atomic mass is 16.5. The summed E-state index contributed by atoms with van der Waals surface area (Å²) in [5, 5.41) is 12.3. The Morgan fingerprint density at radius 2 is 1.60 bits per heavy atom. The number of rotatable bonds is 7. The number of carbonyl (C=O) groups excluding carboxylic acids is 2. The van der Waals surface area contributed by atoms with E-state index in [1.807, 2.05) is 38.1 Å². The van der Waals surface area contributed by atoms with Crippen molar-refractivity contribution in [2.75, 3.05) is 13.2 Å². The molecule has 0 saturated heterocycles. The maximum Gasteiger partial charge on any atom is 0.407 e. The van der Waals surface area contributed by atoms with E-state index >= 15 is 0 Å². The van der Waals surface area contributed by atoms with Crippen molar-refractivity contribution in [1.82, 2.24) is 10.2 Å². The highest BCUT2D eigenvalue weighted by Gasteiger charge is 2.53. The molecule has 0 spiro atoms. The molecule has 0 radical (unpaired) electrons. The first-order valence-corrected chi connectivity index (χ1v) is 12.5. The van der Waals surface area contributed by atoms with Crippen molar-refractivity contribution in [2.45, 2.75) is 51.1 Å². The molecule has 3 aliphatic rings. The first-order chi connectivity index (χ1) is 16.8. The van der Waals surface area contributed by atoms with E-state index in [4.69, 9.17) is 4.74 Å². The third kappa shape index (κ3) is 4.28. The number of benzene rings is 2. The maximum atomic E-state index is 13.4. The van der Waals surface area contributed by atoms with Crippen LogP contribution >= 0.6 is 0 Å². The number of aliphatic carboxylic acids is 1. The minimum absolute atomic E-state index is 0.0300. The number of carboxylic acids is 1. The standard InChI is InChI=1S/C28H32N2O5/c1-16(2)30(14-24(31)32)27(33)25-17-11-12-18(13-17)26(25)29-28(34)35-15-23-21-9-5-3-7-19(21)20-8-4-6-10-22(20)23/h3-10,16-18,23,25-26H,11-15H2,1-2H3,(H,29,34)(H,31,32). The molecule has 7 heteroatoms. The smallest absolute Gasteiger partial charge is 0.407 e. The quantitative estimate of drug-likeness (QED) is 0.623. The molecule has 0 aliphatic heterocycles. The van der Waals surface area contributed by atoms with Crippen LogP contribution in [-0.2, 0) is 14.3 Å². The Balaban J connectivity index is 1.28. The fourth-order valence-corrected chi connectivity index (χ4v) is 6.48. The van der Waals surface area contributed by atoms with Gasteiger partial charge in [0.15, 0.2) is 0 Å². The van der Waals surface area contributed by atoms with Gasteiger partial charge >= 0.3 is 12.1 Å². The Morgan fingerprint density at radius 1 is 1.00 bits per heavy atom. The van der Waals surface area contributed by atoms with Crippen molar-refractivity contribution in [3.8, 4) is 11.1 Å². The second-order valence-corrected chi connectivity index (χ2v) is 10.3. The van der Waals surface area contributed by atoms with Gasteiger partial charge < -0.3 is 20.1 Å². The molecule has 7 nitrogen and oxygen atoms in total. The minimum atomic E-state index is -1.03. The molecule has 184 valence electrons. The molecular formula is C28H32N2O5. The summed E-state index contributed by atoms with van der Waals surface area (Å²) in [4.78, 5) is 39.1. The van der Waals surface area contributed by atoms with Crippen molar-refractivity contribution in [3.63, 3.8) is 0 Å². The van der Waals surface area contributed by atoms with E-state index in [2.05, 4.69) is 29.6 Å². The van der Waals surface area contributed by atoms with Crippen LogP contribution in [-0.4, -0.2) is 53.2 Å². The number of hydrogen-bond donors (Lipinski definition) is 2. The number of nitrogens with one attached hydrogen (secondary N) is 1. The average Bonchev–Trinajstić information content (AvgIpc) is 3.53. The van der Waals surface area contributed by atoms with Gasteiger partial charge in [-0.3, -0.25) is 9.59 Å². The Morgan fingerprint density at radius 3 is 2.20 bits per heavy atom. The summed E-state index contributed by atoms with van der Waals surface area (Å²) in [5.74, 6) is -1.27. The molecule has 2 aromatic carbocycles. The number of hydrogen-bond acceptors (Lipinski definition) is 4. The van der Waals surface area contributed by atoms with Gasteiger partial charge in [0.1, 0.15) is 13.2 Å². The van der Waals surface area contributed by atoms with E-state index in [9.17, 15) is 19.5 Å². The van der Waals surface area contributed by atoms with Gasteiger partial charge in [0.25, 0.3) is 0 Å². The lowest BCUT2D eigenvalue weighted by Crippen LogP contribution is -2.53. The molecule has 35 heavy (non-hydrogen) atoms. The van der Waals surface area contributed by atoms with Gasteiger partial charge in [0.2, 0.25) is 5.91 Å². The fourth-order valence-electron chi connectivity index (χ4n) is 6.48. The number of carboxylic acid groups (broad SMARTS) is 1. The van der Waals surface area contributed by atoms with Crippen LogP contribution in [0.1, 0.15) is 50.2 Å². The van der Waals surface area contributed by atoms with Crippen LogP contribution in [0, 0.1) is 17.8 Å². The minimum Gasteiger partial charge on any atom is -0.480 e. The van der Waals surface area contributed by atoms with Crippen LogP contribution < -0.4 is 5.32 Å². The number of amides is 2. The molecule has 5 rings (SSSR count). The van der Waals surface area contributed by atoms with Gasteiger partial charge in [-0.2, -0.15) is 0 Å². The van der Waals surface area contributed by atoms with Crippen molar-refractivity contribution in [1.29, 1.82) is 0 Å². The second-order valence-electron chi connectivity index (χ2n) is 10.3. The molecular weight excluding hydrogens is 444 g/mol. The topological polar surface area (TPSA) is 95.9 Å². The molecule has 2 fully saturated rings.